The second kappa shape index (κ2) is 7.46. The molecule has 0 aliphatic heterocycles. The number of hydrogen-bond acceptors (Lipinski definition) is 2. The monoisotopic (exact) mass is 234 g/mol. The number of likely N-dealkylation sites (N-methyl/N-ethyl adjacent to an activating group) is 1. The summed E-state index contributed by atoms with van der Waals surface area (Å²) in [5.41, 5.74) is 1.40. The van der Waals surface area contributed by atoms with E-state index in [4.69, 9.17) is 0 Å². The Balaban J connectivity index is 2.71. The van der Waals surface area contributed by atoms with Gasteiger partial charge >= 0.3 is 0 Å². The molecule has 0 saturated heterocycles. The molecule has 1 unspecified atom stereocenters. The van der Waals surface area contributed by atoms with Crippen LogP contribution in [0.3, 0.4) is 0 Å². The van der Waals surface area contributed by atoms with Crippen molar-refractivity contribution in [3.8, 4) is 0 Å². The summed E-state index contributed by atoms with van der Waals surface area (Å²) in [5, 5.41) is 3.54. The SMILES string of the molecule is CCCN(C)C(CNC(C)C)c1ccccc1. The molecule has 1 atom stereocenters. The highest BCUT2D eigenvalue weighted by Gasteiger charge is 2.15. The maximum absolute atomic E-state index is 3.54. The zero-order valence-corrected chi connectivity index (χ0v) is 11.6. The first-order chi connectivity index (χ1) is 8.15. The number of hydrogen-bond donors (Lipinski definition) is 1. The van der Waals surface area contributed by atoms with Gasteiger partial charge in [0.2, 0.25) is 0 Å². The lowest BCUT2D eigenvalue weighted by atomic mass is 10.1. The van der Waals surface area contributed by atoms with E-state index in [1.54, 1.807) is 0 Å². The predicted molar refractivity (Wildman–Crippen MR) is 75.2 cm³/mol. The lowest BCUT2D eigenvalue weighted by molar-refractivity contribution is 0.235. The van der Waals surface area contributed by atoms with Gasteiger partial charge in [-0.05, 0) is 25.6 Å². The molecule has 0 amide bonds. The van der Waals surface area contributed by atoms with E-state index >= 15 is 0 Å². The molecule has 1 aromatic rings. The van der Waals surface area contributed by atoms with Crippen LogP contribution < -0.4 is 5.32 Å². The van der Waals surface area contributed by atoms with Gasteiger partial charge in [-0.3, -0.25) is 4.90 Å². The molecule has 0 bridgehead atoms. The van der Waals surface area contributed by atoms with Crippen LogP contribution in [0.15, 0.2) is 30.3 Å². The summed E-state index contributed by atoms with van der Waals surface area (Å²) in [6.07, 6.45) is 1.20. The highest BCUT2D eigenvalue weighted by atomic mass is 15.1. The maximum Gasteiger partial charge on any atom is 0.0469 e. The zero-order chi connectivity index (χ0) is 12.7. The Morgan fingerprint density at radius 1 is 1.18 bits per heavy atom. The molecule has 0 spiro atoms. The highest BCUT2D eigenvalue weighted by Crippen LogP contribution is 2.18. The number of nitrogens with one attached hydrogen (secondary N) is 1. The average molecular weight is 234 g/mol. The number of benzene rings is 1. The van der Waals surface area contributed by atoms with Gasteiger partial charge in [-0.1, -0.05) is 51.1 Å². The average Bonchev–Trinajstić information content (AvgIpc) is 2.30. The molecule has 0 heterocycles. The van der Waals surface area contributed by atoms with Crippen molar-refractivity contribution < 1.29 is 0 Å². The minimum absolute atomic E-state index is 0.471. The summed E-state index contributed by atoms with van der Waals surface area (Å²) in [7, 11) is 2.21. The van der Waals surface area contributed by atoms with E-state index in [0.717, 1.165) is 13.1 Å². The quantitative estimate of drug-likeness (QED) is 0.780. The molecule has 1 rings (SSSR count). The molecule has 0 saturated carbocycles. The normalized spacial score (nSPS) is 13.3. The fourth-order valence-electron chi connectivity index (χ4n) is 2.06. The Kier molecular flexibility index (Phi) is 6.23. The Labute approximate surface area is 106 Å². The van der Waals surface area contributed by atoms with Gasteiger partial charge in [-0.15, -0.1) is 0 Å². The van der Waals surface area contributed by atoms with Crippen molar-refractivity contribution in [1.82, 2.24) is 10.2 Å². The van der Waals surface area contributed by atoms with Gasteiger partial charge in [0.15, 0.2) is 0 Å². The van der Waals surface area contributed by atoms with E-state index in [1.165, 1.54) is 12.0 Å². The summed E-state index contributed by atoms with van der Waals surface area (Å²) in [6, 6.07) is 11.8. The third-order valence-electron chi connectivity index (χ3n) is 3.01. The molecule has 2 heteroatoms. The number of nitrogens with zero attached hydrogens (tertiary/aromatic N) is 1. The second-order valence-corrected chi connectivity index (χ2v) is 4.97. The van der Waals surface area contributed by atoms with Crippen molar-refractivity contribution in [1.29, 1.82) is 0 Å². The van der Waals surface area contributed by atoms with E-state index in [1.807, 2.05) is 0 Å². The van der Waals surface area contributed by atoms with Crippen molar-refractivity contribution in [2.45, 2.75) is 39.3 Å². The summed E-state index contributed by atoms with van der Waals surface area (Å²) < 4.78 is 0. The standard InChI is InChI=1S/C15H26N2/c1-5-11-17(4)15(12-16-13(2)3)14-9-7-6-8-10-14/h6-10,13,15-16H,5,11-12H2,1-4H3. The first-order valence-electron chi connectivity index (χ1n) is 6.63. The molecule has 0 aromatic heterocycles. The molecular weight excluding hydrogens is 208 g/mol. The van der Waals surface area contributed by atoms with Gasteiger partial charge in [-0.2, -0.15) is 0 Å². The predicted octanol–water partition coefficient (Wildman–Crippen LogP) is 3.07. The lowest BCUT2D eigenvalue weighted by Crippen LogP contribution is -2.36. The molecule has 0 fully saturated rings. The Hall–Kier alpha value is -0.860. The van der Waals surface area contributed by atoms with Gasteiger partial charge in [0, 0.05) is 18.6 Å². The van der Waals surface area contributed by atoms with E-state index in [0.29, 0.717) is 12.1 Å². The van der Waals surface area contributed by atoms with Gasteiger partial charge in [0.1, 0.15) is 0 Å². The maximum atomic E-state index is 3.54. The summed E-state index contributed by atoms with van der Waals surface area (Å²) in [6.45, 7) is 8.77. The molecular formula is C15H26N2. The van der Waals surface area contributed by atoms with Crippen LogP contribution in [0.4, 0.5) is 0 Å². The molecule has 0 aliphatic rings. The summed E-state index contributed by atoms with van der Waals surface area (Å²) in [5.74, 6) is 0. The van der Waals surface area contributed by atoms with Gasteiger partial charge in [0.05, 0.1) is 0 Å². The van der Waals surface area contributed by atoms with Crippen LogP contribution >= 0.6 is 0 Å². The van der Waals surface area contributed by atoms with Crippen LogP contribution in [0, 0.1) is 0 Å². The van der Waals surface area contributed by atoms with Crippen LogP contribution in [-0.4, -0.2) is 31.1 Å². The van der Waals surface area contributed by atoms with Gasteiger partial charge in [-0.25, -0.2) is 0 Å². The molecule has 1 N–H and O–H groups in total. The smallest absolute Gasteiger partial charge is 0.0469 e. The molecule has 96 valence electrons. The first kappa shape index (κ1) is 14.2. The van der Waals surface area contributed by atoms with Crippen LogP contribution in [0.2, 0.25) is 0 Å². The first-order valence-corrected chi connectivity index (χ1v) is 6.63. The van der Waals surface area contributed by atoms with E-state index in [-0.39, 0.29) is 0 Å². The second-order valence-electron chi connectivity index (χ2n) is 4.97. The van der Waals surface area contributed by atoms with Crippen molar-refractivity contribution in [2.24, 2.45) is 0 Å². The van der Waals surface area contributed by atoms with Crippen molar-refractivity contribution >= 4 is 0 Å². The van der Waals surface area contributed by atoms with Gasteiger partial charge < -0.3 is 5.32 Å². The summed E-state index contributed by atoms with van der Waals surface area (Å²) >= 11 is 0. The minimum Gasteiger partial charge on any atom is -0.313 e. The Morgan fingerprint density at radius 2 is 1.82 bits per heavy atom. The van der Waals surface area contributed by atoms with E-state index < -0.39 is 0 Å². The Bertz CT molecular complexity index is 295. The van der Waals surface area contributed by atoms with E-state index in [9.17, 15) is 0 Å². The molecule has 0 radical (unpaired) electrons. The Morgan fingerprint density at radius 3 is 2.35 bits per heavy atom. The van der Waals surface area contributed by atoms with Gasteiger partial charge in [0.25, 0.3) is 0 Å². The van der Waals surface area contributed by atoms with Crippen molar-refractivity contribution in [3.05, 3.63) is 35.9 Å². The summed E-state index contributed by atoms with van der Waals surface area (Å²) in [4.78, 5) is 2.44. The van der Waals surface area contributed by atoms with Crippen molar-refractivity contribution in [3.63, 3.8) is 0 Å². The molecule has 2 nitrogen and oxygen atoms in total. The highest BCUT2D eigenvalue weighted by molar-refractivity contribution is 5.19. The van der Waals surface area contributed by atoms with Crippen LogP contribution in [0.5, 0.6) is 0 Å². The molecule has 1 aromatic carbocycles. The molecule has 17 heavy (non-hydrogen) atoms. The topological polar surface area (TPSA) is 15.3 Å². The third-order valence-corrected chi connectivity index (χ3v) is 3.01. The van der Waals surface area contributed by atoms with E-state index in [2.05, 4.69) is 68.4 Å². The number of rotatable bonds is 7. The van der Waals surface area contributed by atoms with Crippen LogP contribution in [0.25, 0.3) is 0 Å². The fraction of sp³-hybridized carbons (Fsp3) is 0.600. The molecule has 0 aliphatic carbocycles. The van der Waals surface area contributed by atoms with Crippen LogP contribution in [0.1, 0.15) is 38.8 Å². The fourth-order valence-corrected chi connectivity index (χ4v) is 2.06. The third kappa shape index (κ3) is 4.88. The van der Waals surface area contributed by atoms with Crippen LogP contribution in [-0.2, 0) is 0 Å². The van der Waals surface area contributed by atoms with Crippen molar-refractivity contribution in [2.75, 3.05) is 20.1 Å². The largest absolute Gasteiger partial charge is 0.313 e. The zero-order valence-electron chi connectivity index (χ0n) is 11.6. The minimum atomic E-state index is 0.471. The lowest BCUT2D eigenvalue weighted by Gasteiger charge is -2.29.